The summed E-state index contributed by atoms with van der Waals surface area (Å²) >= 11 is 0. The lowest BCUT2D eigenvalue weighted by atomic mass is 9.67. The van der Waals surface area contributed by atoms with Gasteiger partial charge in [-0.3, -0.25) is 0 Å². The first-order valence-corrected chi connectivity index (χ1v) is 14.2. The molecular formula is C39H35N. The van der Waals surface area contributed by atoms with Gasteiger partial charge in [0.05, 0.1) is 5.41 Å². The topological polar surface area (TPSA) is 12.0 Å². The zero-order chi connectivity index (χ0) is 27.4. The third kappa shape index (κ3) is 4.92. The van der Waals surface area contributed by atoms with Gasteiger partial charge in [0.25, 0.3) is 0 Å². The molecule has 1 N–H and O–H groups in total. The SMILES string of the molecule is CC(C)C/C=C\C1=Cc2ccc(Nc3ccc(-c4ccccc4)cc3)cc2C1(c1ccccc1)c1ccccc1. The molecule has 6 rings (SSSR count). The van der Waals surface area contributed by atoms with Crippen molar-refractivity contribution in [3.63, 3.8) is 0 Å². The Morgan fingerprint density at radius 2 is 1.18 bits per heavy atom. The van der Waals surface area contributed by atoms with Crippen molar-refractivity contribution in [1.29, 1.82) is 0 Å². The van der Waals surface area contributed by atoms with E-state index < -0.39 is 0 Å². The van der Waals surface area contributed by atoms with E-state index >= 15 is 0 Å². The molecule has 0 radical (unpaired) electrons. The summed E-state index contributed by atoms with van der Waals surface area (Å²) in [4.78, 5) is 0. The Balaban J connectivity index is 1.43. The van der Waals surface area contributed by atoms with E-state index in [1.54, 1.807) is 0 Å². The number of rotatable bonds is 8. The quantitative estimate of drug-likeness (QED) is 0.216. The van der Waals surface area contributed by atoms with Gasteiger partial charge in [-0.2, -0.15) is 0 Å². The van der Waals surface area contributed by atoms with Crippen molar-refractivity contribution >= 4 is 17.5 Å². The van der Waals surface area contributed by atoms with E-state index in [1.807, 2.05) is 0 Å². The highest BCUT2D eigenvalue weighted by Gasteiger charge is 2.43. The molecule has 1 nitrogen and oxygen atoms in total. The van der Waals surface area contributed by atoms with Gasteiger partial charge in [0, 0.05) is 11.4 Å². The van der Waals surface area contributed by atoms with Crippen molar-refractivity contribution in [2.24, 2.45) is 5.92 Å². The molecule has 1 aliphatic rings. The Kier molecular flexibility index (Phi) is 7.21. The first-order chi connectivity index (χ1) is 19.6. The molecule has 1 aliphatic carbocycles. The lowest BCUT2D eigenvalue weighted by Gasteiger charge is -2.35. The first-order valence-electron chi connectivity index (χ1n) is 14.2. The maximum atomic E-state index is 3.68. The number of benzene rings is 5. The Morgan fingerprint density at radius 1 is 0.625 bits per heavy atom. The number of hydrogen-bond acceptors (Lipinski definition) is 1. The second-order valence-corrected chi connectivity index (χ2v) is 11.0. The molecule has 5 aromatic carbocycles. The standard InChI is InChI=1S/C39H35N/c1-29(2)13-12-20-35-27-32-23-26-37(40-36-24-21-31(22-25-36)30-14-6-3-7-15-30)28-38(32)39(35,33-16-8-4-9-17-33)34-18-10-5-11-19-34/h3-12,14-29,40H,13H2,1-2H3/b20-12-. The van der Waals surface area contributed by atoms with Crippen LogP contribution in [0.25, 0.3) is 17.2 Å². The largest absolute Gasteiger partial charge is 0.356 e. The molecule has 40 heavy (non-hydrogen) atoms. The van der Waals surface area contributed by atoms with Gasteiger partial charge in [0.1, 0.15) is 0 Å². The van der Waals surface area contributed by atoms with E-state index in [0.29, 0.717) is 5.92 Å². The molecule has 0 saturated carbocycles. The molecule has 0 aromatic heterocycles. The van der Waals surface area contributed by atoms with E-state index in [1.165, 1.54) is 39.0 Å². The minimum absolute atomic E-state index is 0.389. The van der Waals surface area contributed by atoms with Crippen LogP contribution in [0, 0.1) is 5.92 Å². The van der Waals surface area contributed by atoms with Crippen LogP contribution >= 0.6 is 0 Å². The fraction of sp³-hybridized carbons (Fsp3) is 0.128. The average molecular weight is 518 g/mol. The lowest BCUT2D eigenvalue weighted by Crippen LogP contribution is -2.29. The summed E-state index contributed by atoms with van der Waals surface area (Å²) in [6.45, 7) is 4.54. The van der Waals surface area contributed by atoms with Gasteiger partial charge in [0.15, 0.2) is 0 Å². The molecule has 0 bridgehead atoms. The van der Waals surface area contributed by atoms with Crippen LogP contribution in [0.1, 0.15) is 42.5 Å². The fourth-order valence-electron chi connectivity index (χ4n) is 5.89. The Bertz CT molecular complexity index is 1590. The Labute approximate surface area is 238 Å². The van der Waals surface area contributed by atoms with Gasteiger partial charge < -0.3 is 5.32 Å². The highest BCUT2D eigenvalue weighted by Crippen LogP contribution is 2.52. The monoisotopic (exact) mass is 517 g/mol. The summed E-state index contributed by atoms with van der Waals surface area (Å²) in [7, 11) is 0. The van der Waals surface area contributed by atoms with Crippen LogP contribution in [0.3, 0.4) is 0 Å². The van der Waals surface area contributed by atoms with Crippen LogP contribution in [0.5, 0.6) is 0 Å². The molecule has 0 heterocycles. The third-order valence-electron chi connectivity index (χ3n) is 7.80. The molecule has 1 heteroatoms. The van der Waals surface area contributed by atoms with Crippen molar-refractivity contribution in [3.05, 3.63) is 173 Å². The molecular weight excluding hydrogens is 482 g/mol. The predicted octanol–water partition coefficient (Wildman–Crippen LogP) is 10.4. The van der Waals surface area contributed by atoms with Crippen molar-refractivity contribution < 1.29 is 0 Å². The van der Waals surface area contributed by atoms with Gasteiger partial charge >= 0.3 is 0 Å². The maximum Gasteiger partial charge on any atom is 0.0708 e. The molecule has 0 atom stereocenters. The molecule has 5 aromatic rings. The number of fused-ring (bicyclic) bond motifs is 1. The highest BCUT2D eigenvalue weighted by atomic mass is 14.9. The van der Waals surface area contributed by atoms with Gasteiger partial charge in [-0.05, 0) is 81.6 Å². The molecule has 0 unspecified atom stereocenters. The number of anilines is 2. The first kappa shape index (κ1) is 25.6. The van der Waals surface area contributed by atoms with Crippen LogP contribution in [-0.4, -0.2) is 0 Å². The second-order valence-electron chi connectivity index (χ2n) is 11.0. The van der Waals surface area contributed by atoms with Gasteiger partial charge in [-0.1, -0.05) is 135 Å². The minimum Gasteiger partial charge on any atom is -0.356 e. The van der Waals surface area contributed by atoms with Crippen molar-refractivity contribution in [3.8, 4) is 11.1 Å². The van der Waals surface area contributed by atoms with Crippen LogP contribution in [0.4, 0.5) is 11.4 Å². The summed E-state index contributed by atoms with van der Waals surface area (Å²) in [5.41, 5.74) is 10.7. The lowest BCUT2D eigenvalue weighted by molar-refractivity contribution is 0.662. The number of hydrogen-bond donors (Lipinski definition) is 1. The fourth-order valence-corrected chi connectivity index (χ4v) is 5.89. The second kappa shape index (κ2) is 11.2. The highest BCUT2D eigenvalue weighted by molar-refractivity contribution is 5.82. The minimum atomic E-state index is -0.389. The van der Waals surface area contributed by atoms with Crippen molar-refractivity contribution in [2.75, 3.05) is 5.32 Å². The third-order valence-corrected chi connectivity index (χ3v) is 7.80. The van der Waals surface area contributed by atoms with Crippen molar-refractivity contribution in [2.45, 2.75) is 25.7 Å². The smallest absolute Gasteiger partial charge is 0.0708 e. The average Bonchev–Trinajstić information content (AvgIpc) is 3.33. The zero-order valence-electron chi connectivity index (χ0n) is 23.2. The van der Waals surface area contributed by atoms with E-state index in [-0.39, 0.29) is 5.41 Å². The van der Waals surface area contributed by atoms with Gasteiger partial charge in [-0.25, -0.2) is 0 Å². The maximum absolute atomic E-state index is 3.68. The van der Waals surface area contributed by atoms with E-state index in [0.717, 1.165) is 17.8 Å². The molecule has 0 amide bonds. The van der Waals surface area contributed by atoms with Crippen LogP contribution in [0.2, 0.25) is 0 Å². The predicted molar refractivity (Wildman–Crippen MR) is 171 cm³/mol. The number of allylic oxidation sites excluding steroid dienone is 3. The Morgan fingerprint density at radius 3 is 1.77 bits per heavy atom. The van der Waals surface area contributed by atoms with Crippen LogP contribution in [0.15, 0.2) is 151 Å². The van der Waals surface area contributed by atoms with E-state index in [2.05, 4.69) is 171 Å². The van der Waals surface area contributed by atoms with Crippen LogP contribution in [-0.2, 0) is 5.41 Å². The van der Waals surface area contributed by atoms with E-state index in [9.17, 15) is 0 Å². The zero-order valence-corrected chi connectivity index (χ0v) is 23.2. The molecule has 0 spiro atoms. The summed E-state index contributed by atoms with van der Waals surface area (Å²) in [5.74, 6) is 0.618. The summed E-state index contributed by atoms with van der Waals surface area (Å²) in [6.07, 6.45) is 8.13. The molecule has 0 saturated heterocycles. The normalized spacial score (nSPS) is 13.8. The number of nitrogens with one attached hydrogen (secondary N) is 1. The van der Waals surface area contributed by atoms with Gasteiger partial charge in [0.2, 0.25) is 0 Å². The molecule has 0 aliphatic heterocycles. The summed E-state index contributed by atoms with van der Waals surface area (Å²) in [5, 5.41) is 3.68. The van der Waals surface area contributed by atoms with Gasteiger partial charge in [-0.15, -0.1) is 0 Å². The van der Waals surface area contributed by atoms with E-state index in [4.69, 9.17) is 0 Å². The summed E-state index contributed by atoms with van der Waals surface area (Å²) < 4.78 is 0. The molecule has 0 fully saturated rings. The summed E-state index contributed by atoms with van der Waals surface area (Å²) in [6, 6.07) is 47.9. The van der Waals surface area contributed by atoms with Crippen LogP contribution < -0.4 is 5.32 Å². The molecule has 196 valence electrons. The Hall–Kier alpha value is -4.62. The van der Waals surface area contributed by atoms with Crippen molar-refractivity contribution in [1.82, 2.24) is 0 Å².